The van der Waals surface area contributed by atoms with E-state index in [1.807, 2.05) is 6.26 Å². The van der Waals surface area contributed by atoms with E-state index in [4.69, 9.17) is 5.73 Å². The van der Waals surface area contributed by atoms with Crippen molar-refractivity contribution in [3.05, 3.63) is 6.07 Å². The van der Waals surface area contributed by atoms with E-state index in [1.54, 1.807) is 6.07 Å². The summed E-state index contributed by atoms with van der Waals surface area (Å²) in [6.45, 7) is 6.77. The summed E-state index contributed by atoms with van der Waals surface area (Å²) in [6.07, 6.45) is 2.22. The Morgan fingerprint density at radius 2 is 2.11 bits per heavy atom. The van der Waals surface area contributed by atoms with Crippen molar-refractivity contribution in [2.24, 2.45) is 5.41 Å². The number of nitrogens with zero attached hydrogens (tertiary/aromatic N) is 2. The van der Waals surface area contributed by atoms with Crippen molar-refractivity contribution in [2.45, 2.75) is 38.5 Å². The van der Waals surface area contributed by atoms with E-state index in [1.165, 1.54) is 11.8 Å². The molecule has 0 spiro atoms. The van der Waals surface area contributed by atoms with Crippen LogP contribution >= 0.6 is 11.8 Å². The quantitative estimate of drug-likeness (QED) is 0.560. The summed E-state index contributed by atoms with van der Waals surface area (Å²) >= 11 is 1.44. The highest BCUT2D eigenvalue weighted by atomic mass is 32.2. The van der Waals surface area contributed by atoms with Gasteiger partial charge in [-0.05, 0) is 18.1 Å². The van der Waals surface area contributed by atoms with Crippen LogP contribution in [0.15, 0.2) is 11.2 Å². The first-order chi connectivity index (χ1) is 8.30. The molecule has 1 aromatic rings. The lowest BCUT2D eigenvalue weighted by molar-refractivity contribution is 0.132. The molecule has 4 N–H and O–H groups in total. The van der Waals surface area contributed by atoms with Gasteiger partial charge in [-0.15, -0.1) is 0 Å². The smallest absolute Gasteiger partial charge is 0.191 e. The Morgan fingerprint density at radius 3 is 2.67 bits per heavy atom. The maximum Gasteiger partial charge on any atom is 0.191 e. The van der Waals surface area contributed by atoms with Crippen LogP contribution in [-0.2, 0) is 0 Å². The van der Waals surface area contributed by atoms with Gasteiger partial charge in [0, 0.05) is 12.6 Å². The van der Waals surface area contributed by atoms with Crippen molar-refractivity contribution >= 4 is 23.4 Å². The van der Waals surface area contributed by atoms with Gasteiger partial charge >= 0.3 is 0 Å². The normalized spacial score (nSPS) is 13.4. The zero-order chi connectivity index (χ0) is 13.8. The molecule has 1 unspecified atom stereocenters. The molecule has 0 aromatic carbocycles. The zero-order valence-corrected chi connectivity index (χ0v) is 12.2. The van der Waals surface area contributed by atoms with Crippen molar-refractivity contribution in [1.29, 1.82) is 0 Å². The maximum absolute atomic E-state index is 9.90. The second-order valence-electron chi connectivity index (χ2n) is 5.46. The van der Waals surface area contributed by atoms with Gasteiger partial charge in [-0.3, -0.25) is 0 Å². The second-order valence-corrected chi connectivity index (χ2v) is 6.24. The largest absolute Gasteiger partial charge is 0.391 e. The van der Waals surface area contributed by atoms with Crippen molar-refractivity contribution in [3.8, 4) is 0 Å². The number of nitrogens with one attached hydrogen (secondary N) is 1. The van der Waals surface area contributed by atoms with Gasteiger partial charge in [-0.1, -0.05) is 32.5 Å². The summed E-state index contributed by atoms with van der Waals surface area (Å²) in [5, 5.41) is 13.6. The fourth-order valence-corrected chi connectivity index (χ4v) is 2.01. The molecular formula is C12H22N4OS. The average molecular weight is 270 g/mol. The van der Waals surface area contributed by atoms with Crippen LogP contribution in [-0.4, -0.2) is 34.0 Å². The minimum atomic E-state index is -0.404. The molecule has 6 heteroatoms. The highest BCUT2D eigenvalue weighted by Gasteiger charge is 2.16. The third-order valence-electron chi connectivity index (χ3n) is 2.27. The molecule has 1 aromatic heterocycles. The van der Waals surface area contributed by atoms with Crippen LogP contribution in [0.1, 0.15) is 27.2 Å². The van der Waals surface area contributed by atoms with Gasteiger partial charge in [0.1, 0.15) is 11.6 Å². The summed E-state index contributed by atoms with van der Waals surface area (Å²) in [5.74, 6) is 1.09. The Labute approximate surface area is 113 Å². The summed E-state index contributed by atoms with van der Waals surface area (Å²) in [5.41, 5.74) is 5.78. The number of aliphatic hydroxyl groups excluding tert-OH is 1. The van der Waals surface area contributed by atoms with Gasteiger partial charge in [0.15, 0.2) is 5.16 Å². The highest BCUT2D eigenvalue weighted by molar-refractivity contribution is 7.98. The number of aliphatic hydroxyl groups is 1. The topological polar surface area (TPSA) is 84.1 Å². The molecule has 18 heavy (non-hydrogen) atoms. The average Bonchev–Trinajstić information content (AvgIpc) is 2.23. The number of rotatable bonds is 5. The van der Waals surface area contributed by atoms with Crippen LogP contribution in [0, 0.1) is 5.41 Å². The Morgan fingerprint density at radius 1 is 1.44 bits per heavy atom. The van der Waals surface area contributed by atoms with Crippen molar-refractivity contribution in [2.75, 3.05) is 23.9 Å². The fraction of sp³-hybridized carbons (Fsp3) is 0.667. The summed E-state index contributed by atoms with van der Waals surface area (Å²) in [4.78, 5) is 8.34. The Bertz CT molecular complexity index is 392. The molecular weight excluding hydrogens is 248 g/mol. The lowest BCUT2D eigenvalue weighted by Gasteiger charge is -2.22. The van der Waals surface area contributed by atoms with Crippen LogP contribution < -0.4 is 11.1 Å². The van der Waals surface area contributed by atoms with Crippen molar-refractivity contribution < 1.29 is 5.11 Å². The molecule has 0 amide bonds. The summed E-state index contributed by atoms with van der Waals surface area (Å²) in [7, 11) is 0. The Kier molecular flexibility index (Phi) is 5.22. The van der Waals surface area contributed by atoms with E-state index >= 15 is 0 Å². The van der Waals surface area contributed by atoms with E-state index in [9.17, 15) is 5.11 Å². The third kappa shape index (κ3) is 5.55. The van der Waals surface area contributed by atoms with Gasteiger partial charge in [0.05, 0.1) is 6.10 Å². The fourth-order valence-electron chi connectivity index (χ4n) is 1.63. The Hall–Kier alpha value is -1.01. The molecule has 0 fully saturated rings. The van der Waals surface area contributed by atoms with Crippen LogP contribution in [0.5, 0.6) is 0 Å². The summed E-state index contributed by atoms with van der Waals surface area (Å²) in [6, 6.07) is 1.67. The maximum atomic E-state index is 9.90. The third-order valence-corrected chi connectivity index (χ3v) is 2.82. The standard InChI is InChI=1S/C12H22N4OS/c1-12(2,3)6-8(17)7-14-10-5-9(13)15-11(16-10)18-4/h5,8,17H,6-7H2,1-4H3,(H3,13,14,15,16). The molecule has 0 aliphatic heterocycles. The molecule has 0 radical (unpaired) electrons. The molecule has 1 heterocycles. The van der Waals surface area contributed by atoms with Gasteiger partial charge in [-0.2, -0.15) is 0 Å². The number of hydrogen-bond donors (Lipinski definition) is 3. The lowest BCUT2D eigenvalue weighted by Crippen LogP contribution is -2.25. The first-order valence-electron chi connectivity index (χ1n) is 5.90. The van der Waals surface area contributed by atoms with Crippen LogP contribution in [0.4, 0.5) is 11.6 Å². The van der Waals surface area contributed by atoms with E-state index in [0.717, 1.165) is 6.42 Å². The number of aromatic nitrogens is 2. The molecule has 1 rings (SSSR count). The first kappa shape index (κ1) is 15.0. The molecule has 0 bridgehead atoms. The molecule has 5 nitrogen and oxygen atoms in total. The highest BCUT2D eigenvalue weighted by Crippen LogP contribution is 2.21. The second kappa shape index (κ2) is 6.24. The molecule has 0 aliphatic rings. The van der Waals surface area contributed by atoms with Crippen LogP contribution in [0.2, 0.25) is 0 Å². The van der Waals surface area contributed by atoms with Crippen molar-refractivity contribution in [1.82, 2.24) is 9.97 Å². The van der Waals surface area contributed by atoms with Gasteiger partial charge in [0.2, 0.25) is 0 Å². The van der Waals surface area contributed by atoms with E-state index in [2.05, 4.69) is 36.1 Å². The first-order valence-corrected chi connectivity index (χ1v) is 7.13. The van der Waals surface area contributed by atoms with Crippen LogP contribution in [0.3, 0.4) is 0 Å². The number of anilines is 2. The molecule has 0 saturated carbocycles. The van der Waals surface area contributed by atoms with E-state index < -0.39 is 6.10 Å². The van der Waals surface area contributed by atoms with Crippen LogP contribution in [0.25, 0.3) is 0 Å². The predicted molar refractivity (Wildman–Crippen MR) is 76.8 cm³/mol. The monoisotopic (exact) mass is 270 g/mol. The zero-order valence-electron chi connectivity index (χ0n) is 11.4. The number of hydrogen-bond acceptors (Lipinski definition) is 6. The molecule has 0 aliphatic carbocycles. The van der Waals surface area contributed by atoms with Gasteiger partial charge < -0.3 is 16.2 Å². The molecule has 0 saturated heterocycles. The number of nitrogen functional groups attached to an aromatic ring is 1. The predicted octanol–water partition coefficient (Wildman–Crippen LogP) is 1.99. The minimum absolute atomic E-state index is 0.107. The number of nitrogens with two attached hydrogens (primary N) is 1. The SMILES string of the molecule is CSc1nc(N)cc(NCC(O)CC(C)(C)C)n1. The molecule has 102 valence electrons. The minimum Gasteiger partial charge on any atom is -0.391 e. The summed E-state index contributed by atoms with van der Waals surface area (Å²) < 4.78 is 0. The van der Waals surface area contributed by atoms with E-state index in [-0.39, 0.29) is 5.41 Å². The Balaban J connectivity index is 2.55. The number of thioether (sulfide) groups is 1. The van der Waals surface area contributed by atoms with Gasteiger partial charge in [-0.25, -0.2) is 9.97 Å². The van der Waals surface area contributed by atoms with E-state index in [0.29, 0.717) is 23.3 Å². The lowest BCUT2D eigenvalue weighted by atomic mass is 9.89. The van der Waals surface area contributed by atoms with Crippen molar-refractivity contribution in [3.63, 3.8) is 0 Å². The van der Waals surface area contributed by atoms with Gasteiger partial charge in [0.25, 0.3) is 0 Å². The molecule has 1 atom stereocenters.